The first-order valence-corrected chi connectivity index (χ1v) is 6.14. The number of allylic oxidation sites excluding steroid dienone is 3. The van der Waals surface area contributed by atoms with E-state index < -0.39 is 0 Å². The van der Waals surface area contributed by atoms with Crippen molar-refractivity contribution in [1.82, 2.24) is 4.90 Å². The summed E-state index contributed by atoms with van der Waals surface area (Å²) >= 11 is 0. The Balaban J connectivity index is 2.03. The third kappa shape index (κ3) is 1.59. The first kappa shape index (κ1) is 10.1. The van der Waals surface area contributed by atoms with Gasteiger partial charge in [0.2, 0.25) is 5.91 Å². The van der Waals surface area contributed by atoms with Gasteiger partial charge >= 0.3 is 0 Å². The van der Waals surface area contributed by atoms with Gasteiger partial charge in [0.1, 0.15) is 0 Å². The van der Waals surface area contributed by atoms with E-state index >= 15 is 0 Å². The summed E-state index contributed by atoms with van der Waals surface area (Å²) in [5.74, 6) is 0.865. The molecule has 0 saturated carbocycles. The van der Waals surface area contributed by atoms with Gasteiger partial charge in [-0.2, -0.15) is 0 Å². The number of amides is 1. The van der Waals surface area contributed by atoms with Crippen molar-refractivity contribution in [1.29, 1.82) is 0 Å². The van der Waals surface area contributed by atoms with Crippen molar-refractivity contribution in [2.45, 2.75) is 25.7 Å². The normalized spacial score (nSPS) is 29.9. The van der Waals surface area contributed by atoms with Crippen molar-refractivity contribution in [2.75, 3.05) is 19.8 Å². The minimum atomic E-state index is 0.286. The van der Waals surface area contributed by atoms with Crippen molar-refractivity contribution < 1.29 is 9.53 Å². The summed E-state index contributed by atoms with van der Waals surface area (Å²) in [7, 11) is 0. The zero-order valence-corrected chi connectivity index (χ0v) is 9.45. The van der Waals surface area contributed by atoms with Gasteiger partial charge in [0, 0.05) is 13.0 Å². The molecule has 0 aromatic heterocycles. The first-order valence-electron chi connectivity index (χ1n) is 6.14. The highest BCUT2D eigenvalue weighted by atomic mass is 16.5. The lowest BCUT2D eigenvalue weighted by Crippen LogP contribution is -2.38. The quantitative estimate of drug-likeness (QED) is 0.622. The van der Waals surface area contributed by atoms with Crippen LogP contribution in [0.3, 0.4) is 0 Å². The zero-order valence-electron chi connectivity index (χ0n) is 9.45. The Morgan fingerprint density at radius 1 is 1.38 bits per heavy atom. The van der Waals surface area contributed by atoms with E-state index in [4.69, 9.17) is 4.74 Å². The number of hydrogen-bond donors (Lipinski definition) is 0. The molecule has 1 fully saturated rings. The monoisotopic (exact) mass is 219 g/mol. The molecule has 1 aliphatic carbocycles. The molecule has 16 heavy (non-hydrogen) atoms. The summed E-state index contributed by atoms with van der Waals surface area (Å²) in [5.41, 5.74) is 2.49. The predicted molar refractivity (Wildman–Crippen MR) is 60.7 cm³/mol. The fraction of sp³-hybridized carbons (Fsp3) is 0.615. The Bertz CT molecular complexity index is 370. The van der Waals surface area contributed by atoms with Crippen LogP contribution in [0.1, 0.15) is 25.7 Å². The van der Waals surface area contributed by atoms with Gasteiger partial charge in [0.25, 0.3) is 0 Å². The summed E-state index contributed by atoms with van der Waals surface area (Å²) in [6, 6.07) is 0. The van der Waals surface area contributed by atoms with Crippen LogP contribution in [0.2, 0.25) is 0 Å². The number of rotatable bonds is 0. The second-order valence-corrected chi connectivity index (χ2v) is 4.72. The zero-order chi connectivity index (χ0) is 11.0. The van der Waals surface area contributed by atoms with Crippen LogP contribution in [0.4, 0.5) is 0 Å². The average molecular weight is 219 g/mol. The molecule has 3 aliphatic rings. The molecule has 0 N–H and O–H groups in total. The molecule has 0 aromatic carbocycles. The molecular formula is C13H17NO2. The van der Waals surface area contributed by atoms with Crippen LogP contribution >= 0.6 is 0 Å². The molecule has 0 bridgehead atoms. The van der Waals surface area contributed by atoms with Crippen LogP contribution in [-0.4, -0.2) is 30.6 Å². The minimum absolute atomic E-state index is 0.286. The molecule has 0 radical (unpaired) electrons. The Hall–Kier alpha value is -1.09. The highest BCUT2D eigenvalue weighted by molar-refractivity contribution is 5.79. The van der Waals surface area contributed by atoms with Gasteiger partial charge in [-0.1, -0.05) is 12.2 Å². The summed E-state index contributed by atoms with van der Waals surface area (Å²) in [6.45, 7) is 2.02. The number of nitrogens with zero attached hydrogens (tertiary/aromatic N) is 1. The number of carbonyl (C=O) groups excluding carboxylic acids is 1. The van der Waals surface area contributed by atoms with E-state index in [1.165, 1.54) is 12.0 Å². The molecule has 0 aromatic rings. The average Bonchev–Trinajstić information content (AvgIpc) is 2.49. The highest BCUT2D eigenvalue weighted by Gasteiger charge is 2.31. The van der Waals surface area contributed by atoms with Crippen molar-refractivity contribution in [2.24, 2.45) is 5.92 Å². The van der Waals surface area contributed by atoms with E-state index in [0.717, 1.165) is 25.1 Å². The third-order valence-electron chi connectivity index (χ3n) is 3.78. The van der Waals surface area contributed by atoms with Crippen LogP contribution in [-0.2, 0) is 9.53 Å². The summed E-state index contributed by atoms with van der Waals surface area (Å²) < 4.78 is 5.51. The van der Waals surface area contributed by atoms with Crippen molar-refractivity contribution >= 4 is 5.91 Å². The molecule has 3 rings (SSSR count). The first-order chi connectivity index (χ1) is 7.86. The van der Waals surface area contributed by atoms with Crippen LogP contribution in [0.25, 0.3) is 0 Å². The second kappa shape index (κ2) is 4.06. The molecule has 3 heteroatoms. The van der Waals surface area contributed by atoms with Gasteiger partial charge in [-0.05, 0) is 30.8 Å². The SMILES string of the molecule is O=C1CCC2CCC=CC2=C2COCCN12. The Kier molecular flexibility index (Phi) is 2.56. The number of ether oxygens (including phenoxy) is 1. The number of carbonyl (C=O) groups is 1. The molecule has 1 atom stereocenters. The van der Waals surface area contributed by atoms with E-state index in [0.29, 0.717) is 25.6 Å². The summed E-state index contributed by atoms with van der Waals surface area (Å²) in [6.07, 6.45) is 8.49. The molecular weight excluding hydrogens is 202 g/mol. The van der Waals surface area contributed by atoms with E-state index in [9.17, 15) is 4.79 Å². The largest absolute Gasteiger partial charge is 0.373 e. The maximum absolute atomic E-state index is 12.0. The summed E-state index contributed by atoms with van der Waals surface area (Å²) in [4.78, 5) is 14.0. The molecule has 0 spiro atoms. The Morgan fingerprint density at radius 3 is 3.25 bits per heavy atom. The lowest BCUT2D eigenvalue weighted by atomic mass is 9.85. The van der Waals surface area contributed by atoms with Gasteiger partial charge in [0.05, 0.1) is 18.9 Å². The lowest BCUT2D eigenvalue weighted by Gasteiger charge is -2.31. The van der Waals surface area contributed by atoms with Gasteiger partial charge in [-0.15, -0.1) is 0 Å². The standard InChI is InChI=1S/C13H17NO2/c15-13-6-5-10-3-1-2-4-11(10)12-9-16-8-7-14(12)13/h2,4,10H,1,3,5-9H2. The summed E-state index contributed by atoms with van der Waals surface area (Å²) in [5, 5.41) is 0. The van der Waals surface area contributed by atoms with Crippen molar-refractivity contribution in [3.05, 3.63) is 23.4 Å². The van der Waals surface area contributed by atoms with Gasteiger partial charge in [0.15, 0.2) is 0 Å². The second-order valence-electron chi connectivity index (χ2n) is 4.72. The molecule has 2 aliphatic heterocycles. The predicted octanol–water partition coefficient (Wildman–Crippen LogP) is 1.86. The van der Waals surface area contributed by atoms with Gasteiger partial charge in [-0.3, -0.25) is 4.79 Å². The van der Waals surface area contributed by atoms with Crippen LogP contribution in [0, 0.1) is 5.92 Å². The number of hydrogen-bond acceptors (Lipinski definition) is 2. The van der Waals surface area contributed by atoms with E-state index in [1.54, 1.807) is 0 Å². The molecule has 1 saturated heterocycles. The maximum atomic E-state index is 12.0. The van der Waals surface area contributed by atoms with Crippen LogP contribution in [0.15, 0.2) is 23.4 Å². The van der Waals surface area contributed by atoms with Crippen molar-refractivity contribution in [3.8, 4) is 0 Å². The smallest absolute Gasteiger partial charge is 0.226 e. The van der Waals surface area contributed by atoms with E-state index in [1.807, 2.05) is 4.90 Å². The molecule has 1 unspecified atom stereocenters. The van der Waals surface area contributed by atoms with Crippen molar-refractivity contribution in [3.63, 3.8) is 0 Å². The fourth-order valence-corrected chi connectivity index (χ4v) is 2.92. The molecule has 2 heterocycles. The molecule has 86 valence electrons. The lowest BCUT2D eigenvalue weighted by molar-refractivity contribution is -0.131. The highest BCUT2D eigenvalue weighted by Crippen LogP contribution is 2.35. The van der Waals surface area contributed by atoms with Gasteiger partial charge in [-0.25, -0.2) is 0 Å². The maximum Gasteiger partial charge on any atom is 0.226 e. The Morgan fingerprint density at radius 2 is 2.31 bits per heavy atom. The van der Waals surface area contributed by atoms with E-state index in [2.05, 4.69) is 12.2 Å². The third-order valence-corrected chi connectivity index (χ3v) is 3.78. The fourth-order valence-electron chi connectivity index (χ4n) is 2.92. The Labute approximate surface area is 95.8 Å². The topological polar surface area (TPSA) is 29.5 Å². The molecule has 3 nitrogen and oxygen atoms in total. The number of fused-ring (bicyclic) bond motifs is 2. The minimum Gasteiger partial charge on any atom is -0.373 e. The van der Waals surface area contributed by atoms with E-state index in [-0.39, 0.29) is 5.91 Å². The molecule has 1 amide bonds. The van der Waals surface area contributed by atoms with Crippen LogP contribution in [0.5, 0.6) is 0 Å². The number of morpholine rings is 1. The van der Waals surface area contributed by atoms with Gasteiger partial charge < -0.3 is 9.64 Å². The van der Waals surface area contributed by atoms with Crippen LogP contribution < -0.4 is 0 Å².